The zero-order chi connectivity index (χ0) is 38.3. The molecule has 0 aromatic rings. The maximum atomic E-state index is 12.9. The predicted octanol–water partition coefficient (Wildman–Crippen LogP) is 10.1. The number of nitrogens with one attached hydrogen (secondary N) is 1. The quantitative estimate of drug-likeness (QED) is 0.0285. The van der Waals surface area contributed by atoms with Crippen molar-refractivity contribution in [3.63, 3.8) is 0 Å². The number of rotatable bonds is 39. The maximum Gasteiger partial charge on any atom is 0.407 e. The summed E-state index contributed by atoms with van der Waals surface area (Å²) < 4.78 is 28.7. The van der Waals surface area contributed by atoms with Gasteiger partial charge in [-0.05, 0) is 32.9 Å². The molecule has 1 atom stereocenters. The fourth-order valence-corrected chi connectivity index (χ4v) is 5.69. The summed E-state index contributed by atoms with van der Waals surface area (Å²) in [5.74, 6) is -1.13. The molecule has 0 aromatic heterocycles. The van der Waals surface area contributed by atoms with Crippen molar-refractivity contribution in [1.82, 2.24) is 10.2 Å². The molecule has 0 rings (SSSR count). The third-order valence-corrected chi connectivity index (χ3v) is 9.38. The van der Waals surface area contributed by atoms with Gasteiger partial charge in [0.2, 0.25) is 0 Å². The Kier molecular flexibility index (Phi) is 37.4. The van der Waals surface area contributed by atoms with E-state index < -0.39 is 18.3 Å². The number of carbonyl (C=O) groups is 3. The number of esters is 2. The van der Waals surface area contributed by atoms with Gasteiger partial charge in [-0.3, -0.25) is 9.59 Å². The number of carbonyl (C=O) groups excluding carboxylic acids is 3. The molecule has 0 aliphatic rings. The molecule has 10 heteroatoms. The van der Waals surface area contributed by atoms with Gasteiger partial charge in [-0.15, -0.1) is 0 Å². The Labute approximate surface area is 319 Å². The molecule has 0 bridgehead atoms. The summed E-state index contributed by atoms with van der Waals surface area (Å²) in [6.45, 7) is 12.0. The molecule has 1 amide bonds. The molecule has 0 saturated carbocycles. The lowest BCUT2D eigenvalue weighted by Gasteiger charge is -2.20. The summed E-state index contributed by atoms with van der Waals surface area (Å²) in [5, 5.41) is 2.75. The van der Waals surface area contributed by atoms with Crippen LogP contribution in [0.15, 0.2) is 0 Å². The molecule has 1 N–H and O–H groups in total. The second-order valence-electron chi connectivity index (χ2n) is 14.5. The van der Waals surface area contributed by atoms with E-state index in [0.29, 0.717) is 39.1 Å². The molecule has 52 heavy (non-hydrogen) atoms. The van der Waals surface area contributed by atoms with Crippen molar-refractivity contribution in [2.45, 2.75) is 188 Å². The molecular weight excluding hydrogens is 660 g/mol. The molecule has 10 nitrogen and oxygen atoms in total. The van der Waals surface area contributed by atoms with Crippen LogP contribution in [0.1, 0.15) is 182 Å². The van der Waals surface area contributed by atoms with Gasteiger partial charge in [-0.1, -0.05) is 143 Å². The Bertz CT molecular complexity index is 797. The molecule has 0 saturated heterocycles. The smallest absolute Gasteiger partial charge is 0.407 e. The van der Waals surface area contributed by atoms with Gasteiger partial charge in [-0.25, -0.2) is 4.79 Å². The highest BCUT2D eigenvalue weighted by Crippen LogP contribution is 2.14. The first-order valence-electron chi connectivity index (χ1n) is 21.5. The Morgan fingerprint density at radius 3 is 1.44 bits per heavy atom. The molecular formula is C42H82N2O8. The zero-order valence-electron chi connectivity index (χ0n) is 34.5. The van der Waals surface area contributed by atoms with Crippen LogP contribution in [-0.4, -0.2) is 88.9 Å². The van der Waals surface area contributed by atoms with Crippen LogP contribution in [0.5, 0.6) is 0 Å². The van der Waals surface area contributed by atoms with Gasteiger partial charge in [0.25, 0.3) is 0 Å². The molecule has 0 spiro atoms. The van der Waals surface area contributed by atoms with E-state index in [9.17, 15) is 14.4 Å². The number of likely N-dealkylation sites (N-methyl/N-ethyl adjacent to an activating group) is 1. The monoisotopic (exact) mass is 743 g/mol. The zero-order valence-corrected chi connectivity index (χ0v) is 34.5. The second-order valence-corrected chi connectivity index (χ2v) is 14.5. The number of amides is 1. The Balaban J connectivity index is 4.83. The summed E-state index contributed by atoms with van der Waals surface area (Å²) in [5.41, 5.74) is 0. The first kappa shape index (κ1) is 50.1. The van der Waals surface area contributed by atoms with E-state index in [2.05, 4.69) is 31.0 Å². The normalized spacial score (nSPS) is 12.0. The average molecular weight is 743 g/mol. The van der Waals surface area contributed by atoms with E-state index in [1.807, 2.05) is 14.0 Å². The van der Waals surface area contributed by atoms with Gasteiger partial charge in [0.05, 0.1) is 12.3 Å². The van der Waals surface area contributed by atoms with Gasteiger partial charge < -0.3 is 33.9 Å². The second kappa shape index (κ2) is 38.8. The van der Waals surface area contributed by atoms with Crippen LogP contribution in [0.4, 0.5) is 4.79 Å². The Hall–Kier alpha value is -1.91. The number of hydrogen-bond donors (Lipinski definition) is 1. The topological polar surface area (TPSA) is 113 Å². The fraction of sp³-hybridized carbons (Fsp3) is 0.929. The SMILES string of the molecule is CCCCCCCCCCCC(=O)OCC(COC(=O)CCC(OCCCCCCCC)OCCCCCCCC)COC(=O)NCCN(C)CC. The van der Waals surface area contributed by atoms with E-state index in [1.54, 1.807) is 0 Å². The Morgan fingerprint density at radius 1 is 0.538 bits per heavy atom. The standard InChI is InChI=1S/C42H82N2O8/c1-6-10-13-16-19-20-21-22-25-28-39(45)50-35-38(37-52-42(47)43-31-32-44(5)9-4)36-51-40(46)29-30-41(48-33-26-23-17-14-11-7-2)49-34-27-24-18-15-12-8-3/h38,41H,6-37H2,1-5H3,(H,43,47). The summed E-state index contributed by atoms with van der Waals surface area (Å²) >= 11 is 0. The van der Waals surface area contributed by atoms with E-state index in [4.69, 9.17) is 23.7 Å². The van der Waals surface area contributed by atoms with Gasteiger partial charge in [0.1, 0.15) is 19.8 Å². The minimum Gasteiger partial charge on any atom is -0.465 e. The highest BCUT2D eigenvalue weighted by molar-refractivity contribution is 5.70. The molecule has 1 unspecified atom stereocenters. The predicted molar refractivity (Wildman–Crippen MR) is 211 cm³/mol. The maximum absolute atomic E-state index is 12.9. The average Bonchev–Trinajstić information content (AvgIpc) is 3.14. The summed E-state index contributed by atoms with van der Waals surface area (Å²) in [4.78, 5) is 39.8. The van der Waals surface area contributed by atoms with Crippen molar-refractivity contribution >= 4 is 18.0 Å². The highest BCUT2D eigenvalue weighted by atomic mass is 16.7. The van der Waals surface area contributed by atoms with Crippen molar-refractivity contribution < 1.29 is 38.1 Å². The molecule has 0 aliphatic heterocycles. The summed E-state index contributed by atoms with van der Waals surface area (Å²) in [6.07, 6.45) is 24.6. The summed E-state index contributed by atoms with van der Waals surface area (Å²) in [6, 6.07) is 0. The molecule has 0 aliphatic carbocycles. The fourth-order valence-electron chi connectivity index (χ4n) is 5.69. The molecule has 0 heterocycles. The summed E-state index contributed by atoms with van der Waals surface area (Å²) in [7, 11) is 1.98. The minimum atomic E-state index is -0.547. The number of ether oxygens (including phenoxy) is 5. The van der Waals surface area contributed by atoms with E-state index in [-0.39, 0.29) is 38.2 Å². The first-order valence-corrected chi connectivity index (χ1v) is 21.5. The van der Waals surface area contributed by atoms with Crippen LogP contribution in [0.2, 0.25) is 0 Å². The molecule has 0 aromatic carbocycles. The first-order chi connectivity index (χ1) is 25.4. The van der Waals surface area contributed by atoms with E-state index in [0.717, 1.165) is 51.5 Å². The van der Waals surface area contributed by atoms with Crippen molar-refractivity contribution in [3.05, 3.63) is 0 Å². The van der Waals surface area contributed by atoms with Crippen LogP contribution in [0, 0.1) is 5.92 Å². The van der Waals surface area contributed by atoms with Crippen LogP contribution in [-0.2, 0) is 33.3 Å². The number of hydrogen-bond acceptors (Lipinski definition) is 9. The van der Waals surface area contributed by atoms with Crippen molar-refractivity contribution in [3.8, 4) is 0 Å². The lowest BCUT2D eigenvalue weighted by atomic mass is 10.1. The number of unbranched alkanes of at least 4 members (excludes halogenated alkanes) is 18. The van der Waals surface area contributed by atoms with Crippen molar-refractivity contribution in [2.24, 2.45) is 5.92 Å². The highest BCUT2D eigenvalue weighted by Gasteiger charge is 2.19. The van der Waals surface area contributed by atoms with Gasteiger partial charge in [0.15, 0.2) is 6.29 Å². The van der Waals surface area contributed by atoms with E-state index >= 15 is 0 Å². The number of alkyl carbamates (subject to hydrolysis) is 1. The minimum absolute atomic E-state index is 0.0146. The van der Waals surface area contributed by atoms with Crippen molar-refractivity contribution in [2.75, 3.05) is 59.7 Å². The third kappa shape index (κ3) is 35.1. The van der Waals surface area contributed by atoms with E-state index in [1.165, 1.54) is 89.9 Å². The lowest BCUT2D eigenvalue weighted by Crippen LogP contribution is -2.35. The molecule has 0 fully saturated rings. The van der Waals surface area contributed by atoms with Crippen LogP contribution in [0.3, 0.4) is 0 Å². The van der Waals surface area contributed by atoms with Crippen LogP contribution >= 0.6 is 0 Å². The van der Waals surface area contributed by atoms with Gasteiger partial charge in [-0.2, -0.15) is 0 Å². The molecule has 0 radical (unpaired) electrons. The van der Waals surface area contributed by atoms with Crippen LogP contribution < -0.4 is 5.32 Å². The Morgan fingerprint density at radius 2 is 0.962 bits per heavy atom. The third-order valence-electron chi connectivity index (χ3n) is 9.38. The largest absolute Gasteiger partial charge is 0.465 e. The van der Waals surface area contributed by atoms with Gasteiger partial charge in [0, 0.05) is 39.1 Å². The van der Waals surface area contributed by atoms with Crippen molar-refractivity contribution in [1.29, 1.82) is 0 Å². The number of nitrogens with zero attached hydrogens (tertiary/aromatic N) is 1. The van der Waals surface area contributed by atoms with Gasteiger partial charge >= 0.3 is 18.0 Å². The lowest BCUT2D eigenvalue weighted by molar-refractivity contribution is -0.161. The molecule has 308 valence electrons. The van der Waals surface area contributed by atoms with Crippen LogP contribution in [0.25, 0.3) is 0 Å².